The van der Waals surface area contributed by atoms with E-state index >= 15 is 0 Å². The molecule has 160 valence electrons. The lowest BCUT2D eigenvalue weighted by atomic mass is 9.78. The first-order chi connectivity index (χ1) is 16.7. The number of aromatic nitrogens is 4. The standard InChI is InChI=1S/C30H22N4/c1-18-16-19(2)34-30-27-20(17-21-8-5-6-15-31(21)30)13-14-23-22-9-3-4-10-24(22)32(29(23)27)25-11-7-12-26(28(25)30)33(18)34/h3-16H,17H2,1-2H3/q+2. The van der Waals surface area contributed by atoms with E-state index in [2.05, 4.69) is 117 Å². The van der Waals surface area contributed by atoms with Gasteiger partial charge < -0.3 is 4.57 Å². The van der Waals surface area contributed by atoms with Gasteiger partial charge in [0, 0.05) is 35.9 Å². The van der Waals surface area contributed by atoms with Crippen LogP contribution in [-0.2, 0) is 12.1 Å². The summed E-state index contributed by atoms with van der Waals surface area (Å²) >= 11 is 0. The summed E-state index contributed by atoms with van der Waals surface area (Å²) in [4.78, 5) is 0. The van der Waals surface area contributed by atoms with Gasteiger partial charge in [0.2, 0.25) is 5.69 Å². The molecule has 1 spiro atoms. The number of benzene rings is 3. The summed E-state index contributed by atoms with van der Waals surface area (Å²) in [7, 11) is 0. The van der Waals surface area contributed by atoms with Crippen LogP contribution in [0.15, 0.2) is 85.1 Å². The van der Waals surface area contributed by atoms with Crippen LogP contribution in [0, 0.1) is 13.8 Å². The lowest BCUT2D eigenvalue weighted by Gasteiger charge is -2.32. The van der Waals surface area contributed by atoms with E-state index in [9.17, 15) is 0 Å². The van der Waals surface area contributed by atoms with Gasteiger partial charge in [-0.3, -0.25) is 0 Å². The molecule has 6 aromatic rings. The van der Waals surface area contributed by atoms with Crippen LogP contribution >= 0.6 is 0 Å². The van der Waals surface area contributed by atoms with Crippen molar-refractivity contribution in [1.29, 1.82) is 0 Å². The number of aryl methyl sites for hydroxylation is 2. The van der Waals surface area contributed by atoms with Crippen molar-refractivity contribution in [3.8, 4) is 11.4 Å². The first kappa shape index (κ1) is 17.3. The first-order valence-electron chi connectivity index (χ1n) is 12.0. The van der Waals surface area contributed by atoms with E-state index in [-0.39, 0.29) is 0 Å². The molecule has 4 nitrogen and oxygen atoms in total. The molecule has 0 bridgehead atoms. The zero-order valence-corrected chi connectivity index (χ0v) is 19.1. The summed E-state index contributed by atoms with van der Waals surface area (Å²) in [5, 5.41) is 2.66. The van der Waals surface area contributed by atoms with Gasteiger partial charge in [-0.15, -0.1) is 9.25 Å². The Bertz CT molecular complexity index is 1920. The van der Waals surface area contributed by atoms with E-state index in [0.29, 0.717) is 0 Å². The lowest BCUT2D eigenvalue weighted by molar-refractivity contribution is -1.00. The Balaban J connectivity index is 1.67. The topological polar surface area (TPSA) is 17.6 Å². The molecule has 3 aromatic heterocycles. The number of nitrogens with zero attached hydrogens (tertiary/aromatic N) is 4. The molecule has 0 aliphatic carbocycles. The molecule has 0 saturated carbocycles. The number of rotatable bonds is 0. The molecular formula is C30H22N4+2. The van der Waals surface area contributed by atoms with Gasteiger partial charge in [-0.2, -0.15) is 0 Å². The van der Waals surface area contributed by atoms with Crippen molar-refractivity contribution in [3.05, 3.63) is 119 Å². The van der Waals surface area contributed by atoms with Gasteiger partial charge in [0.05, 0.1) is 28.8 Å². The zero-order valence-electron chi connectivity index (χ0n) is 19.1. The van der Waals surface area contributed by atoms with Crippen molar-refractivity contribution in [2.75, 3.05) is 0 Å². The fraction of sp³-hybridized carbons (Fsp3) is 0.133. The molecule has 1 atom stereocenters. The second-order valence-corrected chi connectivity index (χ2v) is 9.98. The van der Waals surface area contributed by atoms with Gasteiger partial charge in [0.15, 0.2) is 17.5 Å². The molecule has 34 heavy (non-hydrogen) atoms. The van der Waals surface area contributed by atoms with Gasteiger partial charge in [-0.1, -0.05) is 42.5 Å². The Morgan fingerprint density at radius 3 is 2.59 bits per heavy atom. The SMILES string of the molecule is Cc1cc(C)[n+]2n1-c1cccc3c1C21c2c(ccc4c5ccccc5n-3c24)Cc2cccc[n+]21. The average molecular weight is 439 g/mol. The highest BCUT2D eigenvalue weighted by Crippen LogP contribution is 2.52. The number of fused-ring (bicyclic) bond motifs is 7. The predicted octanol–water partition coefficient (Wildman–Crippen LogP) is 4.59. The molecule has 0 fully saturated rings. The van der Waals surface area contributed by atoms with Crippen molar-refractivity contribution in [2.24, 2.45) is 0 Å². The predicted molar refractivity (Wildman–Crippen MR) is 131 cm³/mol. The number of hydrogen-bond donors (Lipinski definition) is 0. The minimum Gasteiger partial charge on any atom is -0.307 e. The van der Waals surface area contributed by atoms with Crippen molar-refractivity contribution < 1.29 is 9.25 Å². The summed E-state index contributed by atoms with van der Waals surface area (Å²) in [6.45, 7) is 4.49. The third kappa shape index (κ3) is 1.57. The largest absolute Gasteiger partial charge is 0.443 e. The Morgan fingerprint density at radius 1 is 0.794 bits per heavy atom. The maximum absolute atomic E-state index is 2.55. The van der Waals surface area contributed by atoms with E-state index < -0.39 is 5.66 Å². The van der Waals surface area contributed by atoms with E-state index in [4.69, 9.17) is 0 Å². The molecule has 6 heterocycles. The van der Waals surface area contributed by atoms with Crippen LogP contribution in [0.2, 0.25) is 0 Å². The Kier molecular flexibility index (Phi) is 2.70. The third-order valence-corrected chi connectivity index (χ3v) is 8.37. The summed E-state index contributed by atoms with van der Waals surface area (Å²) in [6.07, 6.45) is 3.23. The summed E-state index contributed by atoms with van der Waals surface area (Å²) in [5.74, 6) is 0. The summed E-state index contributed by atoms with van der Waals surface area (Å²) in [5.41, 5.74) is 12.9. The fourth-order valence-electron chi connectivity index (χ4n) is 7.39. The highest BCUT2D eigenvalue weighted by atomic mass is 15.5. The third-order valence-electron chi connectivity index (χ3n) is 8.37. The molecule has 1 unspecified atom stereocenters. The molecule has 3 aromatic carbocycles. The van der Waals surface area contributed by atoms with E-state index in [0.717, 1.165) is 6.42 Å². The maximum atomic E-state index is 2.55. The molecule has 4 heteroatoms. The minimum absolute atomic E-state index is 0.446. The van der Waals surface area contributed by atoms with Crippen molar-refractivity contribution >= 4 is 21.8 Å². The van der Waals surface area contributed by atoms with Crippen LogP contribution < -0.4 is 9.25 Å². The molecule has 0 saturated heterocycles. The smallest absolute Gasteiger partial charge is 0.307 e. The molecule has 3 aliphatic rings. The molecule has 9 rings (SSSR count). The van der Waals surface area contributed by atoms with Gasteiger partial charge in [-0.25, -0.2) is 0 Å². The Morgan fingerprint density at radius 2 is 1.65 bits per heavy atom. The fourth-order valence-corrected chi connectivity index (χ4v) is 7.39. The van der Waals surface area contributed by atoms with Gasteiger partial charge in [0.1, 0.15) is 11.3 Å². The number of hydrogen-bond acceptors (Lipinski definition) is 0. The highest BCUT2D eigenvalue weighted by molar-refractivity contribution is 6.12. The van der Waals surface area contributed by atoms with Gasteiger partial charge in [-0.05, 0) is 35.4 Å². The van der Waals surface area contributed by atoms with Crippen LogP contribution in [0.1, 0.15) is 33.8 Å². The first-order valence-corrected chi connectivity index (χ1v) is 12.0. The number of pyridine rings is 1. The highest BCUT2D eigenvalue weighted by Gasteiger charge is 2.70. The van der Waals surface area contributed by atoms with Crippen LogP contribution in [0.25, 0.3) is 33.2 Å². The molecular weight excluding hydrogens is 416 g/mol. The normalized spacial score (nSPS) is 18.3. The van der Waals surface area contributed by atoms with Gasteiger partial charge in [0.25, 0.3) is 0 Å². The molecule has 3 aliphatic heterocycles. The minimum atomic E-state index is -0.446. The quantitative estimate of drug-likeness (QED) is 0.308. The zero-order chi connectivity index (χ0) is 22.3. The van der Waals surface area contributed by atoms with E-state index in [1.165, 1.54) is 67.0 Å². The van der Waals surface area contributed by atoms with Crippen molar-refractivity contribution in [3.63, 3.8) is 0 Å². The van der Waals surface area contributed by atoms with Gasteiger partial charge >= 0.3 is 5.66 Å². The van der Waals surface area contributed by atoms with E-state index in [1.807, 2.05) is 0 Å². The monoisotopic (exact) mass is 438 g/mol. The van der Waals surface area contributed by atoms with Crippen LogP contribution in [-0.4, -0.2) is 9.25 Å². The number of para-hydroxylation sites is 1. The van der Waals surface area contributed by atoms with E-state index in [1.54, 1.807) is 0 Å². The van der Waals surface area contributed by atoms with Crippen molar-refractivity contribution in [2.45, 2.75) is 25.9 Å². The van der Waals surface area contributed by atoms with Crippen LogP contribution in [0.4, 0.5) is 0 Å². The average Bonchev–Trinajstić information content (AvgIpc) is 3.47. The second kappa shape index (κ2) is 5.31. The lowest BCUT2D eigenvalue weighted by Crippen LogP contribution is -2.78. The molecule has 0 N–H and O–H groups in total. The molecule has 0 radical (unpaired) electrons. The van der Waals surface area contributed by atoms with Crippen LogP contribution in [0.3, 0.4) is 0 Å². The Hall–Kier alpha value is -4.18. The summed E-state index contributed by atoms with van der Waals surface area (Å²) < 4.78 is 10.1. The Labute approximate surface area is 196 Å². The maximum Gasteiger partial charge on any atom is 0.443 e. The van der Waals surface area contributed by atoms with Crippen LogP contribution in [0.5, 0.6) is 0 Å². The second-order valence-electron chi connectivity index (χ2n) is 9.98. The van der Waals surface area contributed by atoms with Crippen molar-refractivity contribution in [1.82, 2.24) is 9.25 Å². The summed E-state index contributed by atoms with van der Waals surface area (Å²) in [6, 6.07) is 29.4. The molecule has 0 amide bonds.